The minimum atomic E-state index is -3.20. The summed E-state index contributed by atoms with van der Waals surface area (Å²) in [6.07, 6.45) is 15.4. The van der Waals surface area contributed by atoms with E-state index in [1.165, 1.54) is 45.4 Å². The molecule has 0 spiro atoms. The number of hydrogen-bond acceptors (Lipinski definition) is 21. The second kappa shape index (κ2) is 39.4. The Bertz CT molecular complexity index is 6700. The normalized spacial score (nSPS) is 20.9. The maximum absolute atomic E-state index is 11.6. The van der Waals surface area contributed by atoms with Gasteiger partial charge >= 0.3 is 0 Å². The van der Waals surface area contributed by atoms with E-state index in [9.17, 15) is 54.7 Å². The van der Waals surface area contributed by atoms with E-state index in [0.717, 1.165) is 144 Å². The Morgan fingerprint density at radius 3 is 1.01 bits per heavy atom. The van der Waals surface area contributed by atoms with Gasteiger partial charge in [-0.05, 0) is 237 Å². The van der Waals surface area contributed by atoms with Crippen LogP contribution in [-0.2, 0) is 67.3 Å². The smallest absolute Gasteiger partial charge is 0.209 e. The van der Waals surface area contributed by atoms with Gasteiger partial charge < -0.3 is 33.2 Å². The Kier molecular flexibility index (Phi) is 30.0. The van der Waals surface area contributed by atoms with Gasteiger partial charge in [-0.2, -0.15) is 21.0 Å². The minimum absolute atomic E-state index is 0.00254. The number of halogens is 4. The number of sulfone groups is 1. The zero-order chi connectivity index (χ0) is 100. The van der Waals surface area contributed by atoms with Crippen molar-refractivity contribution in [2.45, 2.75) is 210 Å². The molecule has 6 bridgehead atoms. The van der Waals surface area contributed by atoms with Gasteiger partial charge in [0.15, 0.2) is 32.8 Å². The van der Waals surface area contributed by atoms with Crippen LogP contribution in [0.15, 0.2) is 170 Å². The average molecular weight is 2020 g/mol. The molecule has 724 valence electrons. The first-order valence-corrected chi connectivity index (χ1v) is 54.4. The van der Waals surface area contributed by atoms with Gasteiger partial charge in [-0.25, -0.2) is 52.8 Å². The van der Waals surface area contributed by atoms with Gasteiger partial charge in [0.1, 0.15) is 53.7 Å². The van der Waals surface area contributed by atoms with Crippen LogP contribution in [0.2, 0.25) is 20.1 Å². The van der Waals surface area contributed by atoms with Crippen LogP contribution in [0.1, 0.15) is 226 Å². The molecule has 2 atom stereocenters. The molecule has 9 saturated carbocycles. The van der Waals surface area contributed by atoms with Crippen molar-refractivity contribution in [1.82, 2.24) is 24.1 Å². The van der Waals surface area contributed by atoms with Crippen LogP contribution in [0.4, 0.5) is 0 Å². The van der Waals surface area contributed by atoms with Gasteiger partial charge in [-0.3, -0.25) is 4.98 Å². The molecule has 137 heavy (non-hydrogen) atoms. The molecular formula is C105H117Cl4N9O15S4. The second-order valence-electron chi connectivity index (χ2n) is 40.3. The quantitative estimate of drug-likeness (QED) is 0.0337. The molecule has 0 saturated heterocycles. The zero-order valence-corrected chi connectivity index (χ0v) is 86.7. The van der Waals surface area contributed by atoms with E-state index in [1.54, 1.807) is 0 Å². The van der Waals surface area contributed by atoms with Gasteiger partial charge in [0.2, 0.25) is 30.1 Å². The second-order valence-corrected chi connectivity index (χ2v) is 49.3. The van der Waals surface area contributed by atoms with Crippen molar-refractivity contribution in [3.05, 3.63) is 263 Å². The number of hydrogen-bond donors (Lipinski definition) is 3. The monoisotopic (exact) mass is 2010 g/mol. The van der Waals surface area contributed by atoms with E-state index in [-0.39, 0.29) is 67.1 Å². The molecule has 10 aromatic rings. The molecule has 9 fully saturated rings. The fraction of sp³-hybridized carbons (Fsp3) is 0.429. The number of fused-ring (bicyclic) bond motifs is 1. The molecule has 3 N–H and O–H groups in total. The molecule has 0 amide bonds. The molecule has 9 aliphatic carbocycles. The lowest BCUT2D eigenvalue weighted by atomic mass is 9.38. The summed E-state index contributed by atoms with van der Waals surface area (Å²) in [4.78, 5) is 8.84. The third-order valence-corrected chi connectivity index (χ3v) is 32.3. The van der Waals surface area contributed by atoms with Crippen molar-refractivity contribution in [3.8, 4) is 75.7 Å². The molecule has 1 heterocycles. The summed E-state index contributed by atoms with van der Waals surface area (Å²) in [5.74, 6) is 3.86. The van der Waals surface area contributed by atoms with Crippen LogP contribution < -0.4 is 47.3 Å². The largest absolute Gasteiger partial charge is 0.494 e. The number of nitriles is 4. The van der Waals surface area contributed by atoms with Crippen LogP contribution in [0.25, 0.3) is 22.2 Å². The highest BCUT2D eigenvalue weighted by Crippen LogP contribution is 2.71. The van der Waals surface area contributed by atoms with E-state index in [2.05, 4.69) is 130 Å². The molecule has 0 radical (unpaired) electrons. The lowest BCUT2D eigenvalue weighted by molar-refractivity contribution is -0.193. The first-order valence-electron chi connectivity index (χ1n) is 45.2. The highest BCUT2D eigenvalue weighted by Gasteiger charge is 2.73. The highest BCUT2D eigenvalue weighted by molar-refractivity contribution is 7.90. The lowest BCUT2D eigenvalue weighted by Gasteiger charge is -2.71. The SMILES string of the molecule is CCCOc1c(Cl)cc(C(C)(C)c2ccc(O[C@@H](C)C34CC(NS(C)(=O)=O)(C3)C4)cc2)cc1C#N.CCCOc1c(Cl)cc(C(C)(C)c2ccc(O[C@H](C)C34CC(NS(C)(=O)=O)(C3)C4)cc2)cc1C#N.COc1c(Cl)cc(C(C)(C)c2ccc(-c3ccc4nc(CS(C)(=O)=O)cnc4c3)cc2)cc1C#N.COc1c(Cl)cc(C(C)(C)c2ccc(OCC34CC(NS(C)(=O)=O)(C3)C4)cc2)cc1C#N. The van der Waals surface area contributed by atoms with Crippen molar-refractivity contribution in [1.29, 1.82) is 21.0 Å². The summed E-state index contributed by atoms with van der Waals surface area (Å²) in [6.45, 7) is 26.5. The summed E-state index contributed by atoms with van der Waals surface area (Å²) >= 11 is 25.7. The van der Waals surface area contributed by atoms with Crippen LogP contribution in [0.5, 0.6) is 40.2 Å². The van der Waals surface area contributed by atoms with Gasteiger partial charge in [0.05, 0.1) is 124 Å². The van der Waals surface area contributed by atoms with Gasteiger partial charge in [-0.15, -0.1) is 0 Å². The van der Waals surface area contributed by atoms with E-state index in [4.69, 9.17) is 79.6 Å². The fourth-order valence-corrected chi connectivity index (χ4v) is 25.4. The predicted octanol–water partition coefficient (Wildman–Crippen LogP) is 21.2. The maximum Gasteiger partial charge on any atom is 0.209 e. The van der Waals surface area contributed by atoms with Crippen LogP contribution >= 0.6 is 46.4 Å². The lowest BCUT2D eigenvalue weighted by Crippen LogP contribution is -2.77. The van der Waals surface area contributed by atoms with Crippen molar-refractivity contribution >= 4 is 97.3 Å². The van der Waals surface area contributed by atoms with E-state index in [1.807, 2.05) is 166 Å². The molecule has 9 aliphatic rings. The number of rotatable bonds is 34. The minimum Gasteiger partial charge on any atom is -0.494 e. The molecule has 32 heteroatoms. The first-order chi connectivity index (χ1) is 64.1. The van der Waals surface area contributed by atoms with Crippen molar-refractivity contribution in [3.63, 3.8) is 0 Å². The molecule has 0 aliphatic heterocycles. The zero-order valence-electron chi connectivity index (χ0n) is 80.4. The van der Waals surface area contributed by atoms with Crippen molar-refractivity contribution in [2.75, 3.05) is 59.1 Å². The van der Waals surface area contributed by atoms with Crippen LogP contribution in [-0.4, -0.2) is 132 Å². The fourth-order valence-electron chi connectivity index (χ4n) is 20.6. The molecule has 9 aromatic carbocycles. The number of nitrogens with one attached hydrogen (secondary N) is 3. The Hall–Kier alpha value is -10.3. The Labute approximate surface area is 826 Å². The molecule has 0 unspecified atom stereocenters. The third-order valence-electron chi connectivity index (χ3n) is 27.9. The number of nitrogens with zero attached hydrogens (tertiary/aromatic N) is 6. The van der Waals surface area contributed by atoms with Crippen LogP contribution in [0.3, 0.4) is 0 Å². The topological polar surface area (TPSA) is 358 Å². The maximum atomic E-state index is 11.6. The third kappa shape index (κ3) is 22.8. The number of benzene rings is 9. The van der Waals surface area contributed by atoms with E-state index < -0.39 is 45.3 Å². The van der Waals surface area contributed by atoms with Gasteiger partial charge in [0, 0.05) is 60.8 Å². The summed E-state index contributed by atoms with van der Waals surface area (Å²) in [7, 11) is -9.74. The van der Waals surface area contributed by atoms with E-state index >= 15 is 0 Å². The summed E-state index contributed by atoms with van der Waals surface area (Å²) < 4.78 is 141. The van der Waals surface area contributed by atoms with Gasteiger partial charge in [0.25, 0.3) is 0 Å². The Morgan fingerprint density at radius 2 is 0.701 bits per heavy atom. The summed E-state index contributed by atoms with van der Waals surface area (Å²) in [5.41, 5.74) is 11.3. The standard InChI is InChI=1S/C27H24ClN3O3S.2C27H33ClN2O4S.C24H27ClN2O4S/c1-27(2,21-11-19(14-29)26(34-3)23(28)13-21)20-8-5-17(6-9-20)18-7-10-24-25(12-18)30-15-22(31-24)16-35(4,32)33;2*1-6-11-33-24-19(14-29)12-21(13-23(24)28)25(3,4)20-7-9-22(10-8-20)34-18(2)26-15-27(16-26,17-26)30-35(5,31)32;1-22(2,18-9-16(11-26)21(30-3)20(25)10-18)17-5-7-19(8-6-17)31-15-23-12-24(13-23,14-23)27-32(4,28)29/h5-13,15H,16H2,1-4H3;2*7-10,12-13,18,30H,6,11,15-17H2,1-5H3;5-10,27H,12-15H2,1-4H3/t;2*18-,26?,27?;/m.10./s1. The molecule has 1 aromatic heterocycles. The molecular weight excluding hydrogens is 1900 g/mol. The van der Waals surface area contributed by atoms with E-state index in [0.29, 0.717) is 102 Å². The molecule has 24 nitrogen and oxygen atoms in total. The summed E-state index contributed by atoms with van der Waals surface area (Å²) in [6, 6.07) is 61.4. The highest BCUT2D eigenvalue weighted by atomic mass is 35.5. The predicted molar refractivity (Wildman–Crippen MR) is 537 cm³/mol. The average Bonchev–Trinajstić information content (AvgIpc) is 0.726. The first kappa shape index (κ1) is 104. The van der Waals surface area contributed by atoms with Crippen molar-refractivity contribution in [2.24, 2.45) is 16.2 Å². The Balaban J connectivity index is 0.000000154. The number of ether oxygens (including phenoxy) is 7. The number of sulfonamides is 3. The summed E-state index contributed by atoms with van der Waals surface area (Å²) in [5, 5.41) is 40.0. The van der Waals surface area contributed by atoms with Crippen LogP contribution in [0, 0.1) is 61.6 Å². The van der Waals surface area contributed by atoms with Crippen molar-refractivity contribution < 1.29 is 66.8 Å². The number of aromatic nitrogens is 2. The van der Waals surface area contributed by atoms with Gasteiger partial charge in [-0.1, -0.05) is 182 Å². The number of methoxy groups -OCH3 is 2. The molecule has 19 rings (SSSR count). The Morgan fingerprint density at radius 1 is 0.394 bits per heavy atom.